The van der Waals surface area contributed by atoms with E-state index < -0.39 is 6.04 Å². The highest BCUT2D eigenvalue weighted by Crippen LogP contribution is 2.19. The van der Waals surface area contributed by atoms with Gasteiger partial charge in [0.05, 0.1) is 0 Å². The van der Waals surface area contributed by atoms with E-state index in [1.807, 2.05) is 30.3 Å². The van der Waals surface area contributed by atoms with Gasteiger partial charge in [-0.2, -0.15) is 0 Å². The number of rotatable bonds is 4. The van der Waals surface area contributed by atoms with Crippen LogP contribution in [0.3, 0.4) is 0 Å². The molecule has 0 spiro atoms. The van der Waals surface area contributed by atoms with Crippen molar-refractivity contribution in [1.82, 2.24) is 10.2 Å². The normalized spacial score (nSPS) is 16.4. The van der Waals surface area contributed by atoms with Crippen LogP contribution in [-0.4, -0.2) is 29.4 Å². The first-order chi connectivity index (χ1) is 12.5. The summed E-state index contributed by atoms with van der Waals surface area (Å²) in [6.45, 7) is 2.44. The summed E-state index contributed by atoms with van der Waals surface area (Å²) >= 11 is 0. The van der Waals surface area contributed by atoms with Crippen molar-refractivity contribution in [3.63, 3.8) is 0 Å². The Balaban J connectivity index is 1.59. The van der Waals surface area contributed by atoms with E-state index in [4.69, 9.17) is 0 Å². The molecule has 26 heavy (non-hydrogen) atoms. The topological polar surface area (TPSA) is 61.4 Å². The maximum atomic E-state index is 13.6. The molecule has 3 rings (SSSR count). The van der Waals surface area contributed by atoms with Gasteiger partial charge in [-0.05, 0) is 49.1 Å². The van der Waals surface area contributed by atoms with Crippen molar-refractivity contribution >= 4 is 17.6 Å². The lowest BCUT2D eigenvalue weighted by atomic mass is 10.1. The Hall–Kier alpha value is -2.89. The molecule has 1 heterocycles. The van der Waals surface area contributed by atoms with Crippen molar-refractivity contribution in [3.05, 3.63) is 65.5 Å². The molecule has 1 fully saturated rings. The first-order valence-corrected chi connectivity index (χ1v) is 8.70. The molecular weight excluding hydrogens is 333 g/mol. The quantitative estimate of drug-likeness (QED) is 0.882. The van der Waals surface area contributed by atoms with Gasteiger partial charge in [-0.3, -0.25) is 4.79 Å². The Morgan fingerprint density at radius 3 is 2.69 bits per heavy atom. The Labute approximate surface area is 152 Å². The summed E-state index contributed by atoms with van der Waals surface area (Å²) in [6, 6.07) is 13.3. The summed E-state index contributed by atoms with van der Waals surface area (Å²) in [5.74, 6) is -0.483. The monoisotopic (exact) mass is 355 g/mol. The van der Waals surface area contributed by atoms with E-state index in [9.17, 15) is 14.0 Å². The molecule has 0 aliphatic carbocycles. The molecular formula is C20H22FN3O2. The lowest BCUT2D eigenvalue weighted by Crippen LogP contribution is -2.47. The third-order valence-electron chi connectivity index (χ3n) is 4.54. The highest BCUT2D eigenvalue weighted by molar-refractivity contribution is 5.97. The number of nitrogens with zero attached hydrogens (tertiary/aromatic N) is 1. The van der Waals surface area contributed by atoms with Crippen molar-refractivity contribution in [1.29, 1.82) is 0 Å². The number of nitrogens with one attached hydrogen (secondary N) is 2. The van der Waals surface area contributed by atoms with Crippen molar-refractivity contribution < 1.29 is 14.0 Å². The summed E-state index contributed by atoms with van der Waals surface area (Å²) in [6.07, 6.45) is 1.41. The van der Waals surface area contributed by atoms with Crippen LogP contribution in [0, 0.1) is 12.7 Å². The number of carbonyl (C=O) groups excluding carboxylic acids is 2. The zero-order chi connectivity index (χ0) is 18.5. The molecule has 1 aliphatic rings. The maximum Gasteiger partial charge on any atom is 0.318 e. The number of aryl methyl sites for hydroxylation is 1. The van der Waals surface area contributed by atoms with Gasteiger partial charge in [0.1, 0.15) is 11.9 Å². The molecule has 0 aromatic heterocycles. The summed E-state index contributed by atoms with van der Waals surface area (Å²) in [4.78, 5) is 26.5. The highest BCUT2D eigenvalue weighted by Gasteiger charge is 2.34. The summed E-state index contributed by atoms with van der Waals surface area (Å²) in [7, 11) is 0. The zero-order valence-corrected chi connectivity index (χ0v) is 14.7. The van der Waals surface area contributed by atoms with Crippen LogP contribution in [0.1, 0.15) is 24.0 Å². The van der Waals surface area contributed by atoms with Gasteiger partial charge in [-0.1, -0.05) is 30.3 Å². The van der Waals surface area contributed by atoms with Crippen LogP contribution in [0.5, 0.6) is 0 Å². The van der Waals surface area contributed by atoms with Gasteiger partial charge in [0.2, 0.25) is 5.91 Å². The second kappa shape index (κ2) is 7.99. The number of halogens is 1. The first kappa shape index (κ1) is 17.9. The Kier molecular flexibility index (Phi) is 5.51. The van der Waals surface area contributed by atoms with Crippen LogP contribution < -0.4 is 10.6 Å². The third-order valence-corrected chi connectivity index (χ3v) is 4.54. The molecule has 5 nitrogen and oxygen atoms in total. The number of likely N-dealkylation sites (tertiary alicyclic amines) is 1. The molecule has 2 aromatic carbocycles. The third kappa shape index (κ3) is 4.20. The van der Waals surface area contributed by atoms with E-state index >= 15 is 0 Å². The molecule has 1 atom stereocenters. The standard InChI is InChI=1S/C20H22FN3O2/c1-14-9-10-15(12-17(14)21)13-22-20(26)24-11-5-8-18(24)19(25)23-16-6-3-2-4-7-16/h2-4,6-7,9-10,12,18H,5,8,11,13H2,1H3,(H,22,26)(H,23,25)/t18-/m1/s1. The van der Waals surface area contributed by atoms with Crippen molar-refractivity contribution in [2.24, 2.45) is 0 Å². The molecule has 136 valence electrons. The molecule has 1 saturated heterocycles. The van der Waals surface area contributed by atoms with E-state index in [-0.39, 0.29) is 24.3 Å². The predicted molar refractivity (Wildman–Crippen MR) is 98.2 cm³/mol. The number of hydrogen-bond donors (Lipinski definition) is 2. The zero-order valence-electron chi connectivity index (χ0n) is 14.7. The van der Waals surface area contributed by atoms with Gasteiger partial charge < -0.3 is 15.5 Å². The van der Waals surface area contributed by atoms with Crippen LogP contribution in [-0.2, 0) is 11.3 Å². The molecule has 6 heteroatoms. The number of carbonyl (C=O) groups is 2. The number of benzene rings is 2. The minimum Gasteiger partial charge on any atom is -0.334 e. The van der Waals surface area contributed by atoms with Gasteiger partial charge in [-0.25, -0.2) is 9.18 Å². The minimum absolute atomic E-state index is 0.190. The van der Waals surface area contributed by atoms with Crippen LogP contribution in [0.4, 0.5) is 14.9 Å². The lowest BCUT2D eigenvalue weighted by molar-refractivity contribution is -0.119. The molecule has 0 radical (unpaired) electrons. The Morgan fingerprint density at radius 2 is 1.96 bits per heavy atom. The van der Waals surface area contributed by atoms with E-state index in [0.717, 1.165) is 6.42 Å². The van der Waals surface area contributed by atoms with Crippen LogP contribution in [0.2, 0.25) is 0 Å². The molecule has 2 N–H and O–H groups in total. The summed E-state index contributed by atoms with van der Waals surface area (Å²) in [5.41, 5.74) is 1.96. The van der Waals surface area contributed by atoms with Gasteiger partial charge in [-0.15, -0.1) is 0 Å². The number of urea groups is 1. The Bertz CT molecular complexity index is 795. The van der Waals surface area contributed by atoms with Gasteiger partial charge in [0.15, 0.2) is 0 Å². The molecule has 2 aromatic rings. The highest BCUT2D eigenvalue weighted by atomic mass is 19.1. The van der Waals surface area contributed by atoms with Crippen LogP contribution in [0.15, 0.2) is 48.5 Å². The van der Waals surface area contributed by atoms with E-state index in [2.05, 4.69) is 10.6 Å². The van der Waals surface area contributed by atoms with Crippen LogP contribution in [0.25, 0.3) is 0 Å². The first-order valence-electron chi connectivity index (χ1n) is 8.70. The second-order valence-electron chi connectivity index (χ2n) is 6.45. The fourth-order valence-corrected chi connectivity index (χ4v) is 3.05. The van der Waals surface area contributed by atoms with Crippen molar-refractivity contribution in [2.75, 3.05) is 11.9 Å². The van der Waals surface area contributed by atoms with E-state index in [1.54, 1.807) is 24.0 Å². The van der Waals surface area contributed by atoms with Crippen molar-refractivity contribution in [2.45, 2.75) is 32.4 Å². The van der Waals surface area contributed by atoms with Crippen LogP contribution >= 0.6 is 0 Å². The van der Waals surface area contributed by atoms with E-state index in [1.165, 1.54) is 6.07 Å². The summed E-state index contributed by atoms with van der Waals surface area (Å²) in [5, 5.41) is 5.62. The smallest absolute Gasteiger partial charge is 0.318 e. The number of hydrogen-bond acceptors (Lipinski definition) is 2. The molecule has 0 saturated carbocycles. The van der Waals surface area contributed by atoms with Gasteiger partial charge in [0.25, 0.3) is 0 Å². The maximum absolute atomic E-state index is 13.6. The molecule has 0 unspecified atom stereocenters. The van der Waals surface area contributed by atoms with Crippen molar-refractivity contribution in [3.8, 4) is 0 Å². The van der Waals surface area contributed by atoms with E-state index in [0.29, 0.717) is 29.8 Å². The SMILES string of the molecule is Cc1ccc(CNC(=O)N2CCC[C@@H]2C(=O)Nc2ccccc2)cc1F. The minimum atomic E-state index is -0.495. The fraction of sp³-hybridized carbons (Fsp3) is 0.300. The second-order valence-corrected chi connectivity index (χ2v) is 6.45. The van der Waals surface area contributed by atoms with Gasteiger partial charge in [0, 0.05) is 18.8 Å². The largest absolute Gasteiger partial charge is 0.334 e. The molecule has 3 amide bonds. The fourth-order valence-electron chi connectivity index (χ4n) is 3.05. The number of anilines is 1. The lowest BCUT2D eigenvalue weighted by Gasteiger charge is -2.24. The number of para-hydroxylation sites is 1. The van der Waals surface area contributed by atoms with Gasteiger partial charge >= 0.3 is 6.03 Å². The molecule has 0 bridgehead atoms. The average molecular weight is 355 g/mol. The Morgan fingerprint density at radius 1 is 1.19 bits per heavy atom. The number of amides is 3. The summed E-state index contributed by atoms with van der Waals surface area (Å²) < 4.78 is 13.6. The average Bonchev–Trinajstić information content (AvgIpc) is 3.13. The molecule has 1 aliphatic heterocycles. The predicted octanol–water partition coefficient (Wildman–Crippen LogP) is 3.45.